The second kappa shape index (κ2) is 10.0. The second-order valence-corrected chi connectivity index (χ2v) is 9.44. The highest BCUT2D eigenvalue weighted by atomic mass is 15.3. The van der Waals surface area contributed by atoms with Crippen molar-refractivity contribution in [1.29, 1.82) is 5.26 Å². The molecule has 1 atom stereocenters. The summed E-state index contributed by atoms with van der Waals surface area (Å²) in [4.78, 5) is 4.31. The van der Waals surface area contributed by atoms with Gasteiger partial charge >= 0.3 is 0 Å². The van der Waals surface area contributed by atoms with Crippen molar-refractivity contribution >= 4 is 17.0 Å². The third-order valence-electron chi connectivity index (χ3n) is 7.40. The van der Waals surface area contributed by atoms with Crippen LogP contribution in [0.4, 0.5) is 5.82 Å². The largest absolute Gasteiger partial charge is 0.384 e. The number of nitrogens with one attached hydrogen (secondary N) is 1. The maximum Gasteiger partial charge on any atom is 0.203 e. The summed E-state index contributed by atoms with van der Waals surface area (Å²) in [7, 11) is 0. The number of nitrogens with zero attached hydrogens (tertiary/aromatic N) is 4. The van der Waals surface area contributed by atoms with Crippen molar-refractivity contribution in [3.8, 4) is 6.07 Å². The maximum absolute atomic E-state index is 9.77. The van der Waals surface area contributed by atoms with E-state index in [-0.39, 0.29) is 5.92 Å². The van der Waals surface area contributed by atoms with Crippen LogP contribution in [0.2, 0.25) is 0 Å². The first-order chi connectivity index (χ1) is 16.7. The van der Waals surface area contributed by atoms with Crippen LogP contribution in [-0.4, -0.2) is 20.4 Å². The van der Waals surface area contributed by atoms with E-state index >= 15 is 0 Å². The number of aromatic nitrogens is 4. The second-order valence-electron chi connectivity index (χ2n) is 9.44. The highest BCUT2D eigenvalue weighted by Crippen LogP contribution is 2.40. The van der Waals surface area contributed by atoms with Gasteiger partial charge in [0.15, 0.2) is 0 Å². The summed E-state index contributed by atoms with van der Waals surface area (Å²) in [6.07, 6.45) is 8.35. The number of pyridine rings is 1. The van der Waals surface area contributed by atoms with Crippen LogP contribution in [0.3, 0.4) is 0 Å². The number of nitrogen functional groups attached to an aromatic ring is 1. The number of aromatic amines is 1. The minimum Gasteiger partial charge on any atom is -0.384 e. The molecule has 34 heavy (non-hydrogen) atoms. The Morgan fingerprint density at radius 1 is 0.971 bits per heavy atom. The molecule has 1 aliphatic carbocycles. The summed E-state index contributed by atoms with van der Waals surface area (Å²) < 4.78 is 0. The average molecular weight is 451 g/mol. The average Bonchev–Trinajstić information content (AvgIpc) is 3.36. The molecule has 3 N–H and O–H groups in total. The molecule has 5 rings (SSSR count). The van der Waals surface area contributed by atoms with Crippen molar-refractivity contribution in [3.05, 3.63) is 82.9 Å². The molecule has 0 saturated heterocycles. The fourth-order valence-electron chi connectivity index (χ4n) is 5.65. The first-order valence-corrected chi connectivity index (χ1v) is 12.2. The quantitative estimate of drug-likeness (QED) is 0.355. The van der Waals surface area contributed by atoms with Crippen molar-refractivity contribution in [3.63, 3.8) is 0 Å². The fourth-order valence-corrected chi connectivity index (χ4v) is 5.65. The third kappa shape index (κ3) is 4.65. The van der Waals surface area contributed by atoms with Gasteiger partial charge in [-0.05, 0) is 72.8 Å². The van der Waals surface area contributed by atoms with E-state index in [9.17, 15) is 5.26 Å². The number of fused-ring (bicyclic) bond motifs is 1. The summed E-state index contributed by atoms with van der Waals surface area (Å²) in [5, 5.41) is 21.0. The van der Waals surface area contributed by atoms with Gasteiger partial charge in [-0.15, -0.1) is 5.10 Å². The molecule has 0 spiro atoms. The first-order valence-electron chi connectivity index (χ1n) is 12.2. The number of nitriles is 1. The molecular formula is C28H30N6. The summed E-state index contributed by atoms with van der Waals surface area (Å²) in [5.41, 5.74) is 11.6. The van der Waals surface area contributed by atoms with E-state index in [1.165, 1.54) is 37.7 Å². The van der Waals surface area contributed by atoms with Gasteiger partial charge < -0.3 is 5.73 Å². The highest BCUT2D eigenvalue weighted by molar-refractivity contribution is 5.77. The van der Waals surface area contributed by atoms with Crippen LogP contribution in [-0.2, 0) is 0 Å². The van der Waals surface area contributed by atoms with Crippen LogP contribution < -0.4 is 5.73 Å². The number of rotatable bonds is 7. The number of benzene rings is 2. The Morgan fingerprint density at radius 3 is 2.53 bits per heavy atom. The van der Waals surface area contributed by atoms with Gasteiger partial charge in [-0.25, -0.2) is 4.98 Å². The summed E-state index contributed by atoms with van der Waals surface area (Å²) in [6, 6.07) is 23.1. The van der Waals surface area contributed by atoms with E-state index in [1.54, 1.807) is 0 Å². The van der Waals surface area contributed by atoms with Gasteiger partial charge in [0, 0.05) is 5.92 Å². The molecule has 0 amide bonds. The summed E-state index contributed by atoms with van der Waals surface area (Å²) in [6.45, 7) is 0. The monoisotopic (exact) mass is 450 g/mol. The normalized spacial score (nSPS) is 19.0. The van der Waals surface area contributed by atoms with Gasteiger partial charge in [-0.2, -0.15) is 15.6 Å². The molecule has 1 unspecified atom stereocenters. The zero-order chi connectivity index (χ0) is 23.3. The molecule has 1 aliphatic rings. The fraction of sp³-hybridized carbons (Fsp3) is 0.357. The van der Waals surface area contributed by atoms with Crippen LogP contribution >= 0.6 is 0 Å². The Labute approximate surface area is 200 Å². The maximum atomic E-state index is 9.77. The van der Waals surface area contributed by atoms with Gasteiger partial charge in [0.2, 0.25) is 5.65 Å². The Kier molecular flexibility index (Phi) is 6.53. The van der Waals surface area contributed by atoms with Crippen molar-refractivity contribution in [1.82, 2.24) is 20.4 Å². The van der Waals surface area contributed by atoms with E-state index < -0.39 is 0 Å². The number of hydrogen-bond acceptors (Lipinski definition) is 5. The Morgan fingerprint density at radius 2 is 1.74 bits per heavy atom. The molecule has 6 nitrogen and oxygen atoms in total. The van der Waals surface area contributed by atoms with Crippen molar-refractivity contribution < 1.29 is 0 Å². The first kappa shape index (κ1) is 22.1. The lowest BCUT2D eigenvalue weighted by Crippen LogP contribution is -2.14. The zero-order valence-electron chi connectivity index (χ0n) is 19.3. The smallest absolute Gasteiger partial charge is 0.203 e. The van der Waals surface area contributed by atoms with Crippen molar-refractivity contribution in [2.45, 2.75) is 56.8 Å². The van der Waals surface area contributed by atoms with E-state index in [4.69, 9.17) is 5.73 Å². The van der Waals surface area contributed by atoms with Crippen molar-refractivity contribution in [2.75, 3.05) is 5.73 Å². The third-order valence-corrected chi connectivity index (χ3v) is 7.40. The van der Waals surface area contributed by atoms with Crippen molar-refractivity contribution in [2.24, 2.45) is 5.92 Å². The van der Waals surface area contributed by atoms with Crippen LogP contribution in [0.15, 0.2) is 60.7 Å². The predicted octanol–water partition coefficient (Wildman–Crippen LogP) is 6.08. The van der Waals surface area contributed by atoms with Gasteiger partial charge in [-0.3, -0.25) is 0 Å². The van der Waals surface area contributed by atoms with Crippen LogP contribution in [0.25, 0.3) is 11.2 Å². The summed E-state index contributed by atoms with van der Waals surface area (Å²) >= 11 is 0. The molecule has 172 valence electrons. The molecule has 6 heteroatoms. The van der Waals surface area contributed by atoms with Crippen LogP contribution in [0.1, 0.15) is 79.0 Å². The van der Waals surface area contributed by atoms with Gasteiger partial charge in [0.25, 0.3) is 0 Å². The molecule has 2 aromatic carbocycles. The standard InChI is InChI=1S/C28H30N6/c29-18-22-10-4-5-11-23(22)24(25-17-26(30)31-28-27(25)32-34-33-28)12-6-7-19-13-15-21(16-14-19)20-8-2-1-3-9-20/h1-5,8-11,17,19,21,24H,6-7,12-16H2,(H3,30,31,32,33,34). The Hall–Kier alpha value is -3.72. The van der Waals surface area contributed by atoms with Gasteiger partial charge in [0.05, 0.1) is 11.6 Å². The lowest BCUT2D eigenvalue weighted by molar-refractivity contribution is 0.301. The molecule has 0 radical (unpaired) electrons. The molecule has 2 aromatic heterocycles. The molecule has 0 aliphatic heterocycles. The molecule has 2 heterocycles. The molecule has 4 aromatic rings. The molecular weight excluding hydrogens is 420 g/mol. The number of hydrogen-bond donors (Lipinski definition) is 2. The van der Waals surface area contributed by atoms with Gasteiger partial charge in [0.1, 0.15) is 11.3 Å². The number of H-pyrrole nitrogens is 1. The minimum absolute atomic E-state index is 0.0226. The number of nitrogens with two attached hydrogens (primary N) is 1. The van der Waals surface area contributed by atoms with Crippen LogP contribution in [0, 0.1) is 17.2 Å². The van der Waals surface area contributed by atoms with E-state index in [0.29, 0.717) is 22.9 Å². The van der Waals surface area contributed by atoms with Crippen LogP contribution in [0.5, 0.6) is 0 Å². The molecule has 1 saturated carbocycles. The molecule has 1 fully saturated rings. The zero-order valence-corrected chi connectivity index (χ0v) is 19.3. The SMILES string of the molecule is N#Cc1ccccc1C(CCCC1CCC(c2ccccc2)CC1)c1cc(N)nc2n[nH]nc12. The van der Waals surface area contributed by atoms with E-state index in [0.717, 1.165) is 35.4 Å². The predicted molar refractivity (Wildman–Crippen MR) is 134 cm³/mol. The Balaban J connectivity index is 1.31. The topological polar surface area (TPSA) is 104 Å². The van der Waals surface area contributed by atoms with Gasteiger partial charge in [-0.1, -0.05) is 61.4 Å². The number of anilines is 1. The van der Waals surface area contributed by atoms with E-state index in [2.05, 4.69) is 62.9 Å². The summed E-state index contributed by atoms with van der Waals surface area (Å²) in [5.74, 6) is 1.92. The Bertz CT molecular complexity index is 1280. The highest BCUT2D eigenvalue weighted by Gasteiger charge is 2.25. The van der Waals surface area contributed by atoms with E-state index in [1.807, 2.05) is 24.3 Å². The molecule has 0 bridgehead atoms. The lowest BCUT2D eigenvalue weighted by Gasteiger charge is -2.29. The minimum atomic E-state index is 0.0226. The lowest BCUT2D eigenvalue weighted by atomic mass is 9.76.